The van der Waals surface area contributed by atoms with Gasteiger partial charge in [-0.25, -0.2) is 0 Å². The summed E-state index contributed by atoms with van der Waals surface area (Å²) in [6, 6.07) is 7.90. The lowest BCUT2D eigenvalue weighted by Crippen LogP contribution is -2.23. The van der Waals surface area contributed by atoms with E-state index in [4.69, 9.17) is 11.6 Å². The molecule has 4 heteroatoms. The van der Waals surface area contributed by atoms with Crippen molar-refractivity contribution < 1.29 is 4.21 Å². The van der Waals surface area contributed by atoms with Gasteiger partial charge in [0, 0.05) is 21.2 Å². The summed E-state index contributed by atoms with van der Waals surface area (Å²) >= 11 is 5.90. The van der Waals surface area contributed by atoms with E-state index in [-0.39, 0.29) is 5.25 Å². The molecule has 0 radical (unpaired) electrons. The molecule has 2 nitrogen and oxygen atoms in total. The molecule has 16 heavy (non-hydrogen) atoms. The maximum absolute atomic E-state index is 12.3. The smallest absolute Gasteiger partial charge is 0.0561 e. The van der Waals surface area contributed by atoms with E-state index in [1.54, 1.807) is 0 Å². The van der Waals surface area contributed by atoms with Crippen LogP contribution in [0.25, 0.3) is 0 Å². The van der Waals surface area contributed by atoms with E-state index in [0.29, 0.717) is 11.1 Å². The monoisotopic (exact) mass is 257 g/mol. The molecule has 1 saturated carbocycles. The molecule has 1 aliphatic carbocycles. The fraction of sp³-hybridized carbons (Fsp3) is 0.500. The lowest BCUT2D eigenvalue weighted by Gasteiger charge is -2.11. The van der Waals surface area contributed by atoms with Crippen molar-refractivity contribution in [1.82, 2.24) is 5.32 Å². The molecule has 1 aliphatic rings. The molecule has 3 atom stereocenters. The molecular formula is C12H16ClNOS. The lowest BCUT2D eigenvalue weighted by molar-refractivity contribution is 0.581. The number of hydrogen-bond donors (Lipinski definition) is 1. The van der Waals surface area contributed by atoms with Crippen LogP contribution in [0, 0.1) is 0 Å². The van der Waals surface area contributed by atoms with Crippen LogP contribution in [0.1, 0.15) is 19.3 Å². The second-order valence-electron chi connectivity index (χ2n) is 4.18. The van der Waals surface area contributed by atoms with E-state index in [1.165, 1.54) is 0 Å². The van der Waals surface area contributed by atoms with Gasteiger partial charge in [0.2, 0.25) is 0 Å². The summed E-state index contributed by atoms with van der Waals surface area (Å²) in [5, 5.41) is 4.19. The van der Waals surface area contributed by atoms with E-state index < -0.39 is 10.8 Å². The number of hydrogen-bond acceptors (Lipinski definition) is 2. The first-order chi connectivity index (χ1) is 7.70. The molecule has 88 valence electrons. The molecule has 3 unspecified atom stereocenters. The van der Waals surface area contributed by atoms with Crippen LogP contribution in [-0.4, -0.2) is 22.5 Å². The molecule has 0 bridgehead atoms. The minimum Gasteiger partial charge on any atom is -0.317 e. The lowest BCUT2D eigenvalue weighted by atomic mass is 10.3. The van der Waals surface area contributed by atoms with Crippen LogP contribution >= 0.6 is 11.6 Å². The van der Waals surface area contributed by atoms with Crippen molar-refractivity contribution in [3.05, 3.63) is 29.3 Å². The molecule has 1 fully saturated rings. The van der Waals surface area contributed by atoms with Crippen molar-refractivity contribution in [3.63, 3.8) is 0 Å². The maximum Gasteiger partial charge on any atom is 0.0561 e. The van der Waals surface area contributed by atoms with Gasteiger partial charge in [-0.05, 0) is 44.5 Å². The second kappa shape index (κ2) is 5.30. The summed E-state index contributed by atoms with van der Waals surface area (Å²) < 4.78 is 12.3. The molecule has 1 aromatic carbocycles. The summed E-state index contributed by atoms with van der Waals surface area (Å²) in [5.74, 6) is 0. The number of halogens is 1. The SMILES string of the molecule is CNC1CCC(S(=O)c2cccc(Cl)c2)C1. The Balaban J connectivity index is 2.08. The predicted molar refractivity (Wildman–Crippen MR) is 68.3 cm³/mol. The van der Waals surface area contributed by atoms with Gasteiger partial charge in [0.1, 0.15) is 0 Å². The van der Waals surface area contributed by atoms with Crippen molar-refractivity contribution >= 4 is 22.4 Å². The van der Waals surface area contributed by atoms with Crippen LogP contribution < -0.4 is 5.32 Å². The highest BCUT2D eigenvalue weighted by atomic mass is 35.5. The Labute approximate surface area is 104 Å². The molecule has 0 aliphatic heterocycles. The van der Waals surface area contributed by atoms with Gasteiger partial charge in [-0.2, -0.15) is 0 Å². The zero-order chi connectivity index (χ0) is 11.5. The number of rotatable bonds is 3. The third-order valence-electron chi connectivity index (χ3n) is 3.12. The van der Waals surface area contributed by atoms with Crippen LogP contribution in [0.3, 0.4) is 0 Å². The summed E-state index contributed by atoms with van der Waals surface area (Å²) in [5.41, 5.74) is 0. The Morgan fingerprint density at radius 3 is 2.88 bits per heavy atom. The number of benzene rings is 1. The first kappa shape index (κ1) is 12.1. The summed E-state index contributed by atoms with van der Waals surface area (Å²) in [7, 11) is 1.05. The highest BCUT2D eigenvalue weighted by molar-refractivity contribution is 7.85. The maximum atomic E-state index is 12.3. The summed E-state index contributed by atoms with van der Waals surface area (Å²) in [6.07, 6.45) is 3.15. The van der Waals surface area contributed by atoms with E-state index in [9.17, 15) is 4.21 Å². The minimum atomic E-state index is -0.916. The quantitative estimate of drug-likeness (QED) is 0.902. The van der Waals surface area contributed by atoms with Crippen molar-refractivity contribution in [3.8, 4) is 0 Å². The molecule has 1 aromatic rings. The Bertz CT molecular complexity index is 396. The summed E-state index contributed by atoms with van der Waals surface area (Å²) in [6.45, 7) is 0. The standard InChI is InChI=1S/C12H16ClNOS/c1-14-10-5-6-12(8-10)16(15)11-4-2-3-9(13)7-11/h2-4,7,10,12,14H,5-6,8H2,1H3. The minimum absolute atomic E-state index is 0.274. The molecule has 0 aromatic heterocycles. The summed E-state index contributed by atoms with van der Waals surface area (Å²) in [4.78, 5) is 0.856. The Hall–Kier alpha value is -0.380. The average molecular weight is 258 g/mol. The highest BCUT2D eigenvalue weighted by Gasteiger charge is 2.28. The number of nitrogens with one attached hydrogen (secondary N) is 1. The van der Waals surface area contributed by atoms with Crippen LogP contribution in [0.4, 0.5) is 0 Å². The average Bonchev–Trinajstić information content (AvgIpc) is 2.76. The van der Waals surface area contributed by atoms with Crippen LogP contribution in [-0.2, 0) is 10.8 Å². The Morgan fingerprint density at radius 1 is 1.44 bits per heavy atom. The van der Waals surface area contributed by atoms with Gasteiger partial charge >= 0.3 is 0 Å². The Morgan fingerprint density at radius 2 is 2.25 bits per heavy atom. The second-order valence-corrected chi connectivity index (χ2v) is 6.34. The van der Waals surface area contributed by atoms with E-state index >= 15 is 0 Å². The molecule has 0 amide bonds. The van der Waals surface area contributed by atoms with E-state index in [2.05, 4.69) is 5.32 Å². The van der Waals surface area contributed by atoms with Crippen LogP contribution in [0.5, 0.6) is 0 Å². The zero-order valence-corrected chi connectivity index (χ0v) is 10.9. The van der Waals surface area contributed by atoms with Gasteiger partial charge in [0.05, 0.1) is 10.8 Å². The molecule has 0 saturated heterocycles. The van der Waals surface area contributed by atoms with Crippen molar-refractivity contribution in [2.75, 3.05) is 7.05 Å². The molecule has 0 spiro atoms. The molecular weight excluding hydrogens is 242 g/mol. The van der Waals surface area contributed by atoms with Gasteiger partial charge in [-0.15, -0.1) is 0 Å². The van der Waals surface area contributed by atoms with Gasteiger partial charge in [-0.1, -0.05) is 17.7 Å². The third-order valence-corrected chi connectivity index (χ3v) is 5.11. The Kier molecular flexibility index (Phi) is 4.00. The largest absolute Gasteiger partial charge is 0.317 e. The normalized spacial score (nSPS) is 26.9. The van der Waals surface area contributed by atoms with Crippen molar-refractivity contribution in [1.29, 1.82) is 0 Å². The third kappa shape index (κ3) is 2.65. The van der Waals surface area contributed by atoms with Gasteiger partial charge in [0.25, 0.3) is 0 Å². The topological polar surface area (TPSA) is 29.1 Å². The van der Waals surface area contributed by atoms with Crippen LogP contribution in [0.15, 0.2) is 29.2 Å². The molecule has 2 rings (SSSR count). The highest BCUT2D eigenvalue weighted by Crippen LogP contribution is 2.27. The molecule has 0 heterocycles. The first-order valence-electron chi connectivity index (χ1n) is 5.54. The van der Waals surface area contributed by atoms with Gasteiger partial charge < -0.3 is 5.32 Å². The van der Waals surface area contributed by atoms with E-state index in [0.717, 1.165) is 24.2 Å². The van der Waals surface area contributed by atoms with Gasteiger partial charge in [0.15, 0.2) is 0 Å². The van der Waals surface area contributed by atoms with Crippen molar-refractivity contribution in [2.45, 2.75) is 35.4 Å². The van der Waals surface area contributed by atoms with Gasteiger partial charge in [-0.3, -0.25) is 4.21 Å². The van der Waals surface area contributed by atoms with Crippen LogP contribution in [0.2, 0.25) is 5.02 Å². The predicted octanol–water partition coefficient (Wildman–Crippen LogP) is 2.59. The van der Waals surface area contributed by atoms with Crippen molar-refractivity contribution in [2.24, 2.45) is 0 Å². The van der Waals surface area contributed by atoms with E-state index in [1.807, 2.05) is 31.3 Å². The first-order valence-corrected chi connectivity index (χ1v) is 7.13. The molecule has 1 N–H and O–H groups in total. The fourth-order valence-electron chi connectivity index (χ4n) is 2.18. The zero-order valence-electron chi connectivity index (χ0n) is 9.28. The fourth-order valence-corrected chi connectivity index (χ4v) is 4.03.